The van der Waals surface area contributed by atoms with Gasteiger partial charge in [0, 0.05) is 12.7 Å². The summed E-state index contributed by atoms with van der Waals surface area (Å²) in [5.74, 6) is 0.732. The van der Waals surface area contributed by atoms with Crippen molar-refractivity contribution in [2.45, 2.75) is 6.92 Å². The van der Waals surface area contributed by atoms with Gasteiger partial charge >= 0.3 is 0 Å². The predicted molar refractivity (Wildman–Crippen MR) is 56.8 cm³/mol. The molecule has 0 radical (unpaired) electrons. The van der Waals surface area contributed by atoms with Gasteiger partial charge in [-0.1, -0.05) is 0 Å². The average Bonchev–Trinajstić information content (AvgIpc) is 2.29. The minimum atomic E-state index is -0.491. The molecule has 0 saturated heterocycles. The number of benzene rings is 1. The van der Waals surface area contributed by atoms with Gasteiger partial charge in [0.15, 0.2) is 18.3 Å². The molecule has 6 nitrogen and oxygen atoms in total. The number of methoxy groups -OCH3 is 1. The predicted octanol–water partition coefficient (Wildman–Crippen LogP) is 1.98. The molecule has 0 saturated carbocycles. The molecule has 0 spiro atoms. The first-order valence-electron chi connectivity index (χ1n) is 4.72. The monoisotopic (exact) mass is 227 g/mol. The van der Waals surface area contributed by atoms with Crippen molar-refractivity contribution in [3.63, 3.8) is 0 Å². The zero-order valence-corrected chi connectivity index (χ0v) is 9.13. The molecular formula is C10H13NO5. The SMILES string of the molecule is CCOCOc1ccc([N+](=O)[O-])cc1OC. The van der Waals surface area contributed by atoms with E-state index in [2.05, 4.69) is 0 Å². The van der Waals surface area contributed by atoms with Gasteiger partial charge in [0.05, 0.1) is 18.1 Å². The molecule has 1 aromatic rings. The first-order valence-corrected chi connectivity index (χ1v) is 4.72. The van der Waals surface area contributed by atoms with Gasteiger partial charge in [0.2, 0.25) is 0 Å². The molecule has 0 atom stereocenters. The fourth-order valence-electron chi connectivity index (χ4n) is 1.08. The van der Waals surface area contributed by atoms with E-state index < -0.39 is 4.92 Å². The zero-order valence-electron chi connectivity index (χ0n) is 9.13. The molecule has 0 amide bonds. The highest BCUT2D eigenvalue weighted by atomic mass is 16.7. The molecule has 0 unspecified atom stereocenters. The van der Waals surface area contributed by atoms with Crippen LogP contribution in [0.2, 0.25) is 0 Å². The van der Waals surface area contributed by atoms with E-state index in [9.17, 15) is 10.1 Å². The Labute approximate surface area is 92.9 Å². The number of nitro benzene ring substituents is 1. The Kier molecular flexibility index (Phi) is 4.53. The lowest BCUT2D eigenvalue weighted by atomic mass is 10.3. The van der Waals surface area contributed by atoms with Gasteiger partial charge in [-0.25, -0.2) is 0 Å². The standard InChI is InChI=1S/C10H13NO5/c1-3-15-7-16-9-5-4-8(11(12)13)6-10(9)14-2/h4-6H,3,7H2,1-2H3. The van der Waals surface area contributed by atoms with Gasteiger partial charge in [0.25, 0.3) is 5.69 Å². The van der Waals surface area contributed by atoms with Crippen LogP contribution in [-0.4, -0.2) is 25.4 Å². The van der Waals surface area contributed by atoms with E-state index in [1.165, 1.54) is 25.3 Å². The van der Waals surface area contributed by atoms with Crippen molar-refractivity contribution in [1.29, 1.82) is 0 Å². The summed E-state index contributed by atoms with van der Waals surface area (Å²) in [4.78, 5) is 10.0. The van der Waals surface area contributed by atoms with Crippen molar-refractivity contribution in [2.24, 2.45) is 0 Å². The van der Waals surface area contributed by atoms with Crippen LogP contribution in [0.3, 0.4) is 0 Å². The zero-order chi connectivity index (χ0) is 12.0. The molecule has 16 heavy (non-hydrogen) atoms. The second-order valence-corrected chi connectivity index (χ2v) is 2.85. The number of nitrogens with zero attached hydrogens (tertiary/aromatic N) is 1. The molecule has 1 rings (SSSR count). The third-order valence-electron chi connectivity index (χ3n) is 1.86. The van der Waals surface area contributed by atoms with Gasteiger partial charge in [-0.3, -0.25) is 10.1 Å². The lowest BCUT2D eigenvalue weighted by Gasteiger charge is -2.09. The Morgan fingerprint density at radius 1 is 1.38 bits per heavy atom. The second kappa shape index (κ2) is 5.92. The van der Waals surface area contributed by atoms with Crippen LogP contribution in [0.25, 0.3) is 0 Å². The summed E-state index contributed by atoms with van der Waals surface area (Å²) >= 11 is 0. The molecule has 6 heteroatoms. The van der Waals surface area contributed by atoms with Crippen LogP contribution in [-0.2, 0) is 4.74 Å². The quantitative estimate of drug-likeness (QED) is 0.321. The van der Waals surface area contributed by atoms with Gasteiger partial charge in [-0.2, -0.15) is 0 Å². The first kappa shape index (κ1) is 12.3. The Hall–Kier alpha value is -1.82. The smallest absolute Gasteiger partial charge is 0.273 e. The highest BCUT2D eigenvalue weighted by Gasteiger charge is 2.11. The Bertz CT molecular complexity index is 366. The summed E-state index contributed by atoms with van der Waals surface area (Å²) in [6.45, 7) is 2.47. The molecule has 1 aromatic carbocycles. The van der Waals surface area contributed by atoms with Gasteiger partial charge < -0.3 is 14.2 Å². The topological polar surface area (TPSA) is 70.8 Å². The third kappa shape index (κ3) is 3.09. The molecule has 88 valence electrons. The van der Waals surface area contributed by atoms with E-state index >= 15 is 0 Å². The number of rotatable bonds is 6. The fourth-order valence-corrected chi connectivity index (χ4v) is 1.08. The van der Waals surface area contributed by atoms with Crippen molar-refractivity contribution in [1.82, 2.24) is 0 Å². The van der Waals surface area contributed by atoms with Gasteiger partial charge in [0.1, 0.15) is 0 Å². The van der Waals surface area contributed by atoms with Crippen molar-refractivity contribution < 1.29 is 19.1 Å². The molecule has 0 aliphatic carbocycles. The number of ether oxygens (including phenoxy) is 3. The summed E-state index contributed by atoms with van der Waals surface area (Å²) in [6, 6.07) is 4.14. The Morgan fingerprint density at radius 3 is 2.69 bits per heavy atom. The van der Waals surface area contributed by atoms with Crippen molar-refractivity contribution in [2.75, 3.05) is 20.5 Å². The maximum Gasteiger partial charge on any atom is 0.273 e. The lowest BCUT2D eigenvalue weighted by Crippen LogP contribution is -2.03. The van der Waals surface area contributed by atoms with E-state index in [0.717, 1.165) is 0 Å². The normalized spacial score (nSPS) is 9.88. The van der Waals surface area contributed by atoms with Gasteiger partial charge in [-0.05, 0) is 13.0 Å². The lowest BCUT2D eigenvalue weighted by molar-refractivity contribution is -0.385. The maximum atomic E-state index is 10.5. The van der Waals surface area contributed by atoms with Gasteiger partial charge in [-0.15, -0.1) is 0 Å². The van der Waals surface area contributed by atoms with Crippen LogP contribution in [0.1, 0.15) is 6.92 Å². The molecule has 0 bridgehead atoms. The second-order valence-electron chi connectivity index (χ2n) is 2.85. The highest BCUT2D eigenvalue weighted by molar-refractivity contribution is 5.48. The Balaban J connectivity index is 2.80. The van der Waals surface area contributed by atoms with E-state index in [0.29, 0.717) is 18.1 Å². The molecular weight excluding hydrogens is 214 g/mol. The van der Waals surface area contributed by atoms with Crippen LogP contribution in [0, 0.1) is 10.1 Å². The molecule has 0 aliphatic rings. The summed E-state index contributed by atoms with van der Waals surface area (Å²) in [5.41, 5.74) is -0.0411. The molecule has 0 N–H and O–H groups in total. The number of hydrogen-bond donors (Lipinski definition) is 0. The third-order valence-corrected chi connectivity index (χ3v) is 1.86. The molecule has 0 fully saturated rings. The van der Waals surface area contributed by atoms with Crippen molar-refractivity contribution in [3.05, 3.63) is 28.3 Å². The number of non-ortho nitro benzene ring substituents is 1. The molecule has 0 aliphatic heterocycles. The number of nitro groups is 1. The van der Waals surface area contributed by atoms with Crippen LogP contribution in [0.15, 0.2) is 18.2 Å². The Morgan fingerprint density at radius 2 is 2.12 bits per heavy atom. The summed E-state index contributed by atoms with van der Waals surface area (Å²) in [7, 11) is 1.42. The van der Waals surface area contributed by atoms with Crippen LogP contribution >= 0.6 is 0 Å². The van der Waals surface area contributed by atoms with Crippen LogP contribution < -0.4 is 9.47 Å². The van der Waals surface area contributed by atoms with E-state index in [-0.39, 0.29) is 12.5 Å². The van der Waals surface area contributed by atoms with Crippen molar-refractivity contribution in [3.8, 4) is 11.5 Å². The van der Waals surface area contributed by atoms with Crippen molar-refractivity contribution >= 4 is 5.69 Å². The molecule has 0 heterocycles. The van der Waals surface area contributed by atoms with Crippen LogP contribution in [0.5, 0.6) is 11.5 Å². The van der Waals surface area contributed by atoms with E-state index in [1.807, 2.05) is 6.92 Å². The number of hydrogen-bond acceptors (Lipinski definition) is 5. The minimum Gasteiger partial charge on any atom is -0.493 e. The first-order chi connectivity index (χ1) is 7.69. The molecule has 0 aromatic heterocycles. The van der Waals surface area contributed by atoms with Crippen LogP contribution in [0.4, 0.5) is 5.69 Å². The summed E-state index contributed by atoms with van der Waals surface area (Å²) < 4.78 is 15.2. The van der Waals surface area contributed by atoms with E-state index in [1.54, 1.807) is 0 Å². The minimum absolute atomic E-state index is 0.0411. The largest absolute Gasteiger partial charge is 0.493 e. The summed E-state index contributed by atoms with van der Waals surface area (Å²) in [6.07, 6.45) is 0. The fraction of sp³-hybridized carbons (Fsp3) is 0.400. The van der Waals surface area contributed by atoms with E-state index in [4.69, 9.17) is 14.2 Å². The maximum absolute atomic E-state index is 10.5. The highest BCUT2D eigenvalue weighted by Crippen LogP contribution is 2.30. The summed E-state index contributed by atoms with van der Waals surface area (Å²) in [5, 5.41) is 10.5. The average molecular weight is 227 g/mol.